The number of carbonyl (C=O) groups is 1. The van der Waals surface area contributed by atoms with E-state index < -0.39 is 11.5 Å². The predicted molar refractivity (Wildman–Crippen MR) is 76.2 cm³/mol. The minimum Gasteiger partial charge on any atom is -0.480 e. The molecule has 1 saturated heterocycles. The lowest BCUT2D eigenvalue weighted by Gasteiger charge is -2.35. The number of likely N-dealkylation sites (tertiary alicyclic amines) is 1. The molecule has 0 aromatic rings. The molecule has 4 nitrogen and oxygen atoms in total. The van der Waals surface area contributed by atoms with Gasteiger partial charge in [0, 0.05) is 6.54 Å². The van der Waals surface area contributed by atoms with Crippen molar-refractivity contribution in [3.05, 3.63) is 0 Å². The molecule has 0 bridgehead atoms. The molecular formula is C15H28N2O2. The van der Waals surface area contributed by atoms with Crippen LogP contribution in [0.25, 0.3) is 0 Å². The van der Waals surface area contributed by atoms with Crippen LogP contribution < -0.4 is 5.32 Å². The first-order chi connectivity index (χ1) is 9.08. The van der Waals surface area contributed by atoms with Crippen LogP contribution in [0.4, 0.5) is 0 Å². The van der Waals surface area contributed by atoms with E-state index in [0.717, 1.165) is 38.1 Å². The molecule has 1 heterocycles. The van der Waals surface area contributed by atoms with E-state index >= 15 is 0 Å². The number of carboxylic acid groups (broad SMARTS) is 1. The second kappa shape index (κ2) is 6.23. The molecule has 4 heteroatoms. The van der Waals surface area contributed by atoms with Crippen LogP contribution in [0.5, 0.6) is 0 Å². The van der Waals surface area contributed by atoms with E-state index in [1.165, 1.54) is 25.9 Å². The molecule has 0 radical (unpaired) electrons. The highest BCUT2D eigenvalue weighted by Gasteiger charge is 2.47. The van der Waals surface area contributed by atoms with Gasteiger partial charge in [0.15, 0.2) is 0 Å². The molecule has 1 saturated carbocycles. The third-order valence-corrected chi connectivity index (χ3v) is 5.18. The van der Waals surface area contributed by atoms with Crippen LogP contribution in [-0.2, 0) is 4.79 Å². The van der Waals surface area contributed by atoms with E-state index in [1.807, 2.05) is 0 Å². The summed E-state index contributed by atoms with van der Waals surface area (Å²) in [5, 5.41) is 12.6. The summed E-state index contributed by atoms with van der Waals surface area (Å²) in [5.41, 5.74) is -0.665. The quantitative estimate of drug-likeness (QED) is 0.800. The van der Waals surface area contributed by atoms with Gasteiger partial charge in [0.05, 0.1) is 0 Å². The fourth-order valence-corrected chi connectivity index (χ4v) is 4.01. The Balaban J connectivity index is 1.89. The zero-order valence-corrected chi connectivity index (χ0v) is 12.3. The summed E-state index contributed by atoms with van der Waals surface area (Å²) in [6, 6.07) is 0. The van der Waals surface area contributed by atoms with Crippen molar-refractivity contribution in [2.45, 2.75) is 51.0 Å². The summed E-state index contributed by atoms with van der Waals surface area (Å²) in [7, 11) is 1.80. The smallest absolute Gasteiger partial charge is 0.324 e. The lowest BCUT2D eigenvalue weighted by atomic mass is 9.84. The van der Waals surface area contributed by atoms with E-state index in [2.05, 4.69) is 17.1 Å². The van der Waals surface area contributed by atoms with Crippen molar-refractivity contribution in [3.63, 3.8) is 0 Å². The van der Waals surface area contributed by atoms with Gasteiger partial charge in [-0.2, -0.15) is 0 Å². The summed E-state index contributed by atoms with van der Waals surface area (Å²) in [6.07, 6.45) is 6.52. The molecule has 1 aliphatic carbocycles. The van der Waals surface area contributed by atoms with Crippen molar-refractivity contribution in [3.8, 4) is 0 Å². The Morgan fingerprint density at radius 1 is 1.42 bits per heavy atom. The van der Waals surface area contributed by atoms with Gasteiger partial charge in [-0.1, -0.05) is 13.3 Å². The molecule has 3 unspecified atom stereocenters. The first-order valence-corrected chi connectivity index (χ1v) is 7.73. The number of rotatable bonds is 5. The summed E-state index contributed by atoms with van der Waals surface area (Å²) in [6.45, 7) is 5.76. The minimum atomic E-state index is -0.665. The summed E-state index contributed by atoms with van der Waals surface area (Å²) >= 11 is 0. The van der Waals surface area contributed by atoms with E-state index in [1.54, 1.807) is 7.05 Å². The standard InChI is InChI=1S/C15H28N2O2/c1-12-5-4-9-17(11-12)10-7-13-6-3-8-15(13,16-2)14(18)19/h12-13,16H,3-11H2,1-2H3,(H,18,19). The number of nitrogens with zero attached hydrogens (tertiary/aromatic N) is 1. The Bertz CT molecular complexity index is 321. The maximum Gasteiger partial charge on any atom is 0.324 e. The topological polar surface area (TPSA) is 52.6 Å². The zero-order valence-electron chi connectivity index (χ0n) is 12.3. The van der Waals surface area contributed by atoms with Gasteiger partial charge in [-0.25, -0.2) is 0 Å². The van der Waals surface area contributed by atoms with Gasteiger partial charge in [0.25, 0.3) is 0 Å². The average molecular weight is 268 g/mol. The molecule has 2 rings (SSSR count). The molecule has 2 N–H and O–H groups in total. The molecule has 110 valence electrons. The second-order valence-corrected chi connectivity index (χ2v) is 6.45. The number of hydrogen-bond acceptors (Lipinski definition) is 3. The zero-order chi connectivity index (χ0) is 13.9. The van der Waals surface area contributed by atoms with Gasteiger partial charge in [-0.3, -0.25) is 4.79 Å². The summed E-state index contributed by atoms with van der Waals surface area (Å²) in [4.78, 5) is 14.1. The van der Waals surface area contributed by atoms with Gasteiger partial charge in [-0.15, -0.1) is 0 Å². The molecule has 0 aromatic heterocycles. The molecular weight excluding hydrogens is 240 g/mol. The first kappa shape index (κ1) is 14.8. The number of likely N-dealkylation sites (N-methyl/N-ethyl adjacent to an activating group) is 1. The Morgan fingerprint density at radius 2 is 2.21 bits per heavy atom. The molecule has 0 spiro atoms. The van der Waals surface area contributed by atoms with E-state index in [9.17, 15) is 9.90 Å². The molecule has 3 atom stereocenters. The minimum absolute atomic E-state index is 0.284. The Kier molecular flexibility index (Phi) is 4.85. The van der Waals surface area contributed by atoms with E-state index in [4.69, 9.17) is 0 Å². The second-order valence-electron chi connectivity index (χ2n) is 6.45. The van der Waals surface area contributed by atoms with Crippen LogP contribution in [0.15, 0.2) is 0 Å². The van der Waals surface area contributed by atoms with Crippen LogP contribution >= 0.6 is 0 Å². The van der Waals surface area contributed by atoms with E-state index in [-0.39, 0.29) is 5.92 Å². The van der Waals surface area contributed by atoms with Gasteiger partial charge in [0.2, 0.25) is 0 Å². The number of carboxylic acids is 1. The van der Waals surface area contributed by atoms with Crippen molar-refractivity contribution in [2.75, 3.05) is 26.7 Å². The largest absolute Gasteiger partial charge is 0.480 e. The molecule has 2 fully saturated rings. The van der Waals surface area contributed by atoms with Crippen molar-refractivity contribution >= 4 is 5.97 Å². The lowest BCUT2D eigenvalue weighted by molar-refractivity contribution is -0.146. The maximum absolute atomic E-state index is 11.6. The van der Waals surface area contributed by atoms with Crippen molar-refractivity contribution in [2.24, 2.45) is 11.8 Å². The van der Waals surface area contributed by atoms with Crippen molar-refractivity contribution in [1.82, 2.24) is 10.2 Å². The average Bonchev–Trinajstić information content (AvgIpc) is 2.80. The number of hydrogen-bond donors (Lipinski definition) is 2. The van der Waals surface area contributed by atoms with Crippen LogP contribution in [0.1, 0.15) is 45.4 Å². The normalized spacial score (nSPS) is 36.5. The maximum atomic E-state index is 11.6. The fourth-order valence-electron chi connectivity index (χ4n) is 4.01. The molecule has 0 aromatic carbocycles. The molecule has 1 aliphatic heterocycles. The van der Waals surface area contributed by atoms with Gasteiger partial charge < -0.3 is 15.3 Å². The van der Waals surface area contributed by atoms with Crippen LogP contribution in [-0.4, -0.2) is 48.2 Å². The Labute approximate surface area is 116 Å². The SMILES string of the molecule is CNC1(C(=O)O)CCCC1CCN1CCCC(C)C1. The highest BCUT2D eigenvalue weighted by Crippen LogP contribution is 2.38. The molecule has 0 amide bonds. The third-order valence-electron chi connectivity index (χ3n) is 5.18. The van der Waals surface area contributed by atoms with Gasteiger partial charge >= 0.3 is 5.97 Å². The highest BCUT2D eigenvalue weighted by molar-refractivity contribution is 5.79. The third kappa shape index (κ3) is 3.11. The van der Waals surface area contributed by atoms with Gasteiger partial charge in [-0.05, 0) is 64.1 Å². The van der Waals surface area contributed by atoms with Crippen molar-refractivity contribution < 1.29 is 9.90 Å². The van der Waals surface area contributed by atoms with Crippen LogP contribution in [0.3, 0.4) is 0 Å². The lowest BCUT2D eigenvalue weighted by Crippen LogP contribution is -2.53. The predicted octanol–water partition coefficient (Wildman–Crippen LogP) is 1.95. The Morgan fingerprint density at radius 3 is 2.84 bits per heavy atom. The van der Waals surface area contributed by atoms with Crippen molar-refractivity contribution in [1.29, 1.82) is 0 Å². The van der Waals surface area contributed by atoms with Crippen LogP contribution in [0, 0.1) is 11.8 Å². The fraction of sp³-hybridized carbons (Fsp3) is 0.933. The molecule has 19 heavy (non-hydrogen) atoms. The molecule has 2 aliphatic rings. The number of nitrogens with one attached hydrogen (secondary N) is 1. The Hall–Kier alpha value is -0.610. The first-order valence-electron chi connectivity index (χ1n) is 7.73. The summed E-state index contributed by atoms with van der Waals surface area (Å²) < 4.78 is 0. The highest BCUT2D eigenvalue weighted by atomic mass is 16.4. The van der Waals surface area contributed by atoms with E-state index in [0.29, 0.717) is 0 Å². The summed E-state index contributed by atoms with van der Waals surface area (Å²) in [5.74, 6) is 0.419. The van der Waals surface area contributed by atoms with Gasteiger partial charge in [0.1, 0.15) is 5.54 Å². The number of piperidine rings is 1. The van der Waals surface area contributed by atoms with Crippen LogP contribution in [0.2, 0.25) is 0 Å². The number of aliphatic carboxylic acids is 1. The monoisotopic (exact) mass is 268 g/mol.